The second-order valence-electron chi connectivity index (χ2n) is 8.27. The molecule has 3 aromatic rings. The van der Waals surface area contributed by atoms with Crippen molar-refractivity contribution in [2.75, 3.05) is 5.32 Å². The zero-order chi connectivity index (χ0) is 18.1. The van der Waals surface area contributed by atoms with Crippen LogP contribution >= 0.6 is 0 Å². The molecule has 0 saturated heterocycles. The fourth-order valence-corrected chi connectivity index (χ4v) is 6.15. The van der Waals surface area contributed by atoms with E-state index in [-0.39, 0.29) is 11.6 Å². The van der Waals surface area contributed by atoms with Gasteiger partial charge in [0, 0.05) is 11.1 Å². The normalized spacial score (nSPS) is 30.6. The molecule has 2 saturated carbocycles. The Balaban J connectivity index is 1.53. The Morgan fingerprint density at radius 3 is 2.89 bits per heavy atom. The molecule has 1 aromatic heterocycles. The van der Waals surface area contributed by atoms with Crippen molar-refractivity contribution < 1.29 is 4.39 Å². The van der Waals surface area contributed by atoms with Crippen LogP contribution in [0, 0.1) is 34.9 Å². The minimum absolute atomic E-state index is 0.0874. The highest BCUT2D eigenvalue weighted by molar-refractivity contribution is 5.88. The summed E-state index contributed by atoms with van der Waals surface area (Å²) in [6.07, 6.45) is 5.76. The van der Waals surface area contributed by atoms with Crippen molar-refractivity contribution in [3.05, 3.63) is 59.0 Å². The molecule has 0 radical (unpaired) electrons. The Hall–Kier alpha value is -2.87. The summed E-state index contributed by atoms with van der Waals surface area (Å²) in [7, 11) is 0. The molecule has 2 bridgehead atoms. The molecule has 6 rings (SSSR count). The maximum Gasteiger partial charge on any atom is 0.141 e. The Labute approximate surface area is 156 Å². The number of aromatic amines is 1. The van der Waals surface area contributed by atoms with Crippen LogP contribution in [-0.2, 0) is 0 Å². The van der Waals surface area contributed by atoms with E-state index in [0.717, 1.165) is 16.8 Å². The van der Waals surface area contributed by atoms with Crippen LogP contribution in [0.3, 0.4) is 0 Å². The Kier molecular flexibility index (Phi) is 3.00. The predicted molar refractivity (Wildman–Crippen MR) is 101 cm³/mol. The van der Waals surface area contributed by atoms with Crippen LogP contribution in [0.25, 0.3) is 10.9 Å². The quantitative estimate of drug-likeness (QED) is 0.652. The summed E-state index contributed by atoms with van der Waals surface area (Å²) in [4.78, 5) is 0. The van der Waals surface area contributed by atoms with Gasteiger partial charge in [-0.2, -0.15) is 10.4 Å². The average molecular weight is 358 g/mol. The van der Waals surface area contributed by atoms with E-state index in [0.29, 0.717) is 23.7 Å². The van der Waals surface area contributed by atoms with Gasteiger partial charge in [-0.05, 0) is 78.3 Å². The zero-order valence-corrected chi connectivity index (χ0v) is 14.7. The summed E-state index contributed by atoms with van der Waals surface area (Å²) in [6.45, 7) is 0. The number of anilines is 1. The molecule has 0 spiro atoms. The second kappa shape index (κ2) is 5.32. The van der Waals surface area contributed by atoms with Crippen LogP contribution < -0.4 is 5.32 Å². The molecule has 4 nitrogen and oxygen atoms in total. The zero-order valence-electron chi connectivity index (χ0n) is 14.7. The van der Waals surface area contributed by atoms with Gasteiger partial charge >= 0.3 is 0 Å². The smallest absolute Gasteiger partial charge is 0.141 e. The van der Waals surface area contributed by atoms with Gasteiger partial charge in [0.05, 0.1) is 23.3 Å². The molecule has 2 heterocycles. The molecule has 1 aliphatic heterocycles. The highest BCUT2D eigenvalue weighted by atomic mass is 19.1. The molecule has 2 fully saturated rings. The van der Waals surface area contributed by atoms with Crippen molar-refractivity contribution in [3.63, 3.8) is 0 Å². The number of halogens is 1. The van der Waals surface area contributed by atoms with Crippen LogP contribution in [0.1, 0.15) is 47.9 Å². The lowest BCUT2D eigenvalue weighted by Crippen LogP contribution is -2.35. The van der Waals surface area contributed by atoms with Gasteiger partial charge in [0.25, 0.3) is 0 Å². The van der Waals surface area contributed by atoms with Gasteiger partial charge in [-0.25, -0.2) is 4.39 Å². The molecule has 5 atom stereocenters. The van der Waals surface area contributed by atoms with Crippen LogP contribution in [0.15, 0.2) is 36.5 Å². The number of H-pyrrole nitrogens is 1. The number of nitrogens with one attached hydrogen (secondary N) is 2. The minimum Gasteiger partial charge on any atom is -0.378 e. The van der Waals surface area contributed by atoms with Crippen molar-refractivity contribution >= 4 is 16.6 Å². The van der Waals surface area contributed by atoms with Gasteiger partial charge in [-0.3, -0.25) is 5.10 Å². The molecule has 27 heavy (non-hydrogen) atoms. The Morgan fingerprint density at radius 1 is 1.15 bits per heavy atom. The highest BCUT2D eigenvalue weighted by Gasteiger charge is 2.54. The molecule has 2 aliphatic carbocycles. The fraction of sp³-hybridized carbons (Fsp3) is 0.364. The first kappa shape index (κ1) is 15.2. The van der Waals surface area contributed by atoms with E-state index < -0.39 is 5.82 Å². The summed E-state index contributed by atoms with van der Waals surface area (Å²) in [5.41, 5.74) is 4.68. The third-order valence-corrected chi connectivity index (χ3v) is 7.15. The van der Waals surface area contributed by atoms with E-state index in [4.69, 9.17) is 5.26 Å². The molecule has 3 aliphatic rings. The molecule has 5 heteroatoms. The lowest BCUT2D eigenvalue weighted by molar-refractivity contribution is 0.248. The van der Waals surface area contributed by atoms with Crippen molar-refractivity contribution in [1.29, 1.82) is 5.26 Å². The largest absolute Gasteiger partial charge is 0.378 e. The second-order valence-corrected chi connectivity index (χ2v) is 8.27. The first-order valence-electron chi connectivity index (χ1n) is 9.66. The molecule has 2 aromatic carbocycles. The fourth-order valence-electron chi connectivity index (χ4n) is 6.15. The van der Waals surface area contributed by atoms with E-state index >= 15 is 0 Å². The Morgan fingerprint density at radius 2 is 2.04 bits per heavy atom. The number of aromatic nitrogens is 2. The SMILES string of the molecule is N#Cc1ccc([C@@H]2Nc3ccc4[nH]ncc4c3[C@H]3[C@@H]4CC[C@H](C4)[C@H]32)cc1F. The standard InChI is InChI=1S/C22H19FN4/c23-16-8-13(3-4-14(16)9-24)22-20-12-2-1-11(7-12)19(20)21-15-10-25-27-17(15)5-6-18(21)26-22/h3-6,8,10-12,19-20,22,26H,1-2,7H2,(H,25,27)/t11-,12-,19+,20-,22+/m1/s1. The molecule has 0 amide bonds. The molecule has 134 valence electrons. The number of hydrogen-bond donors (Lipinski definition) is 2. The summed E-state index contributed by atoms with van der Waals surface area (Å²) in [5, 5.41) is 21.4. The number of benzene rings is 2. The number of nitrogens with zero attached hydrogens (tertiary/aromatic N) is 2. The number of fused-ring (bicyclic) bond motifs is 9. The van der Waals surface area contributed by atoms with E-state index in [9.17, 15) is 4.39 Å². The monoisotopic (exact) mass is 358 g/mol. The minimum atomic E-state index is -0.424. The third-order valence-electron chi connectivity index (χ3n) is 7.15. The van der Waals surface area contributed by atoms with Crippen LogP contribution in [0.4, 0.5) is 10.1 Å². The molecule has 2 N–H and O–H groups in total. The van der Waals surface area contributed by atoms with Crippen molar-refractivity contribution in [2.24, 2.45) is 17.8 Å². The maximum atomic E-state index is 14.3. The van der Waals surface area contributed by atoms with Crippen molar-refractivity contribution in [3.8, 4) is 6.07 Å². The number of hydrogen-bond acceptors (Lipinski definition) is 3. The first-order valence-corrected chi connectivity index (χ1v) is 9.66. The van der Waals surface area contributed by atoms with Gasteiger partial charge in [-0.1, -0.05) is 6.07 Å². The summed E-state index contributed by atoms with van der Waals surface area (Å²) >= 11 is 0. The maximum absolute atomic E-state index is 14.3. The topological polar surface area (TPSA) is 64.5 Å². The van der Waals surface area contributed by atoms with E-state index in [1.807, 2.05) is 18.3 Å². The van der Waals surface area contributed by atoms with Crippen LogP contribution in [-0.4, -0.2) is 10.2 Å². The lowest BCUT2D eigenvalue weighted by atomic mass is 9.67. The van der Waals surface area contributed by atoms with Crippen molar-refractivity contribution in [1.82, 2.24) is 10.2 Å². The summed E-state index contributed by atoms with van der Waals surface area (Å²) in [6, 6.07) is 11.3. The van der Waals surface area contributed by atoms with Crippen LogP contribution in [0.2, 0.25) is 0 Å². The van der Waals surface area contributed by atoms with Gasteiger partial charge < -0.3 is 5.32 Å². The third kappa shape index (κ3) is 1.98. The number of nitriles is 1. The molecular weight excluding hydrogens is 339 g/mol. The van der Waals surface area contributed by atoms with Gasteiger partial charge in [-0.15, -0.1) is 0 Å². The summed E-state index contributed by atoms with van der Waals surface area (Å²) in [5.74, 6) is 1.90. The Bertz CT molecular complexity index is 1110. The highest BCUT2D eigenvalue weighted by Crippen LogP contribution is 2.64. The van der Waals surface area contributed by atoms with Crippen molar-refractivity contribution in [2.45, 2.75) is 31.2 Å². The molecular formula is C22H19FN4. The van der Waals surface area contributed by atoms with Gasteiger partial charge in [0.1, 0.15) is 11.9 Å². The van der Waals surface area contributed by atoms with Crippen LogP contribution in [0.5, 0.6) is 0 Å². The van der Waals surface area contributed by atoms with E-state index in [1.165, 1.54) is 30.2 Å². The van der Waals surface area contributed by atoms with Gasteiger partial charge in [0.2, 0.25) is 0 Å². The predicted octanol–water partition coefficient (Wildman–Crippen LogP) is 4.87. The summed E-state index contributed by atoms with van der Waals surface area (Å²) < 4.78 is 14.3. The van der Waals surface area contributed by atoms with E-state index in [2.05, 4.69) is 27.6 Å². The van der Waals surface area contributed by atoms with E-state index in [1.54, 1.807) is 12.1 Å². The molecule has 0 unspecified atom stereocenters. The first-order chi connectivity index (χ1) is 13.2. The average Bonchev–Trinajstić information content (AvgIpc) is 3.42. The van der Waals surface area contributed by atoms with Gasteiger partial charge in [0.15, 0.2) is 0 Å². The lowest BCUT2D eigenvalue weighted by Gasteiger charge is -2.43. The number of rotatable bonds is 1.